The van der Waals surface area contributed by atoms with Gasteiger partial charge in [-0.15, -0.1) is 0 Å². The van der Waals surface area contributed by atoms with Crippen molar-refractivity contribution in [2.24, 2.45) is 0 Å². The summed E-state index contributed by atoms with van der Waals surface area (Å²) >= 11 is 0. The van der Waals surface area contributed by atoms with E-state index >= 15 is 0 Å². The van der Waals surface area contributed by atoms with Crippen molar-refractivity contribution in [1.29, 1.82) is 0 Å². The van der Waals surface area contributed by atoms with Crippen LogP contribution >= 0.6 is 0 Å². The van der Waals surface area contributed by atoms with E-state index in [2.05, 4.69) is 17.0 Å². The highest BCUT2D eigenvalue weighted by atomic mass is 32.2. The standard InChI is InChI=1S/C29H26F2N2O6S/c1-2-3-16-38-22-10-12-24(13-11-22)40(36,37)33-19-4-8-23(9-5-19)39-28-15-7-20(17-25(28)29(34)35)32-21-6-14-26(30)27(31)18-21/h4-15,17-18,32-33H,2-3,16H2,1H3,(H,34,35). The number of rotatable bonds is 12. The van der Waals surface area contributed by atoms with Crippen LogP contribution < -0.4 is 19.5 Å². The van der Waals surface area contributed by atoms with Crippen LogP contribution in [0.1, 0.15) is 30.1 Å². The number of aromatic carboxylic acids is 1. The summed E-state index contributed by atoms with van der Waals surface area (Å²) in [7, 11) is -3.86. The predicted molar refractivity (Wildman–Crippen MR) is 147 cm³/mol. The molecule has 4 rings (SSSR count). The Kier molecular flexibility index (Phi) is 8.85. The predicted octanol–water partition coefficient (Wildman–Crippen LogP) is 7.18. The number of carboxylic acid groups (broad SMARTS) is 1. The maximum atomic E-state index is 13.5. The first-order valence-electron chi connectivity index (χ1n) is 12.3. The quantitative estimate of drug-likeness (QED) is 0.155. The van der Waals surface area contributed by atoms with Gasteiger partial charge in [-0.25, -0.2) is 22.0 Å². The average Bonchev–Trinajstić information content (AvgIpc) is 2.93. The fourth-order valence-corrected chi connectivity index (χ4v) is 4.64. The van der Waals surface area contributed by atoms with E-state index in [1.165, 1.54) is 60.7 Å². The van der Waals surface area contributed by atoms with E-state index in [9.17, 15) is 27.1 Å². The summed E-state index contributed by atoms with van der Waals surface area (Å²) in [4.78, 5) is 11.9. The van der Waals surface area contributed by atoms with Crippen LogP contribution in [0.3, 0.4) is 0 Å². The molecule has 208 valence electrons. The summed E-state index contributed by atoms with van der Waals surface area (Å²) in [6.45, 7) is 2.61. The third-order valence-electron chi connectivity index (χ3n) is 5.65. The van der Waals surface area contributed by atoms with E-state index in [1.807, 2.05) is 0 Å². The fraction of sp³-hybridized carbons (Fsp3) is 0.138. The average molecular weight is 569 g/mol. The number of sulfonamides is 1. The van der Waals surface area contributed by atoms with Crippen molar-refractivity contribution in [3.63, 3.8) is 0 Å². The summed E-state index contributed by atoms with van der Waals surface area (Å²) in [5.41, 5.74) is 0.652. The maximum absolute atomic E-state index is 13.5. The molecule has 0 saturated carbocycles. The third-order valence-corrected chi connectivity index (χ3v) is 7.05. The summed E-state index contributed by atoms with van der Waals surface area (Å²) < 4.78 is 66.0. The number of anilines is 3. The Bertz CT molecular complexity index is 1590. The molecule has 0 saturated heterocycles. The van der Waals surface area contributed by atoms with Gasteiger partial charge in [0.15, 0.2) is 11.6 Å². The van der Waals surface area contributed by atoms with E-state index in [1.54, 1.807) is 12.1 Å². The van der Waals surface area contributed by atoms with Crippen LogP contribution in [0.2, 0.25) is 0 Å². The van der Waals surface area contributed by atoms with Crippen molar-refractivity contribution in [2.75, 3.05) is 16.6 Å². The molecule has 4 aromatic carbocycles. The monoisotopic (exact) mass is 568 g/mol. The number of hydrogen-bond acceptors (Lipinski definition) is 6. The first-order chi connectivity index (χ1) is 19.1. The van der Waals surface area contributed by atoms with E-state index in [4.69, 9.17) is 9.47 Å². The van der Waals surface area contributed by atoms with Crippen molar-refractivity contribution < 1.29 is 36.6 Å². The summed E-state index contributed by atoms with van der Waals surface area (Å²) in [5.74, 6) is -2.43. The van der Waals surface area contributed by atoms with Gasteiger partial charge in [0.2, 0.25) is 0 Å². The van der Waals surface area contributed by atoms with Crippen molar-refractivity contribution >= 4 is 33.1 Å². The number of halogens is 2. The molecule has 0 aliphatic rings. The van der Waals surface area contributed by atoms with Gasteiger partial charge in [-0.2, -0.15) is 0 Å². The number of ether oxygens (including phenoxy) is 2. The highest BCUT2D eigenvalue weighted by Gasteiger charge is 2.16. The Morgan fingerprint density at radius 2 is 1.45 bits per heavy atom. The van der Waals surface area contributed by atoms with Crippen LogP contribution in [0.25, 0.3) is 0 Å². The first kappa shape index (κ1) is 28.4. The number of unbranched alkanes of at least 4 members (excludes halogenated alkanes) is 1. The van der Waals surface area contributed by atoms with Crippen molar-refractivity contribution in [3.8, 4) is 17.2 Å². The Hall–Kier alpha value is -4.64. The minimum Gasteiger partial charge on any atom is -0.494 e. The molecule has 0 unspecified atom stereocenters. The van der Waals surface area contributed by atoms with Gasteiger partial charge < -0.3 is 19.9 Å². The van der Waals surface area contributed by atoms with E-state index < -0.39 is 27.6 Å². The molecular formula is C29H26F2N2O6S. The first-order valence-corrected chi connectivity index (χ1v) is 13.8. The van der Waals surface area contributed by atoms with Crippen LogP contribution in [-0.4, -0.2) is 26.1 Å². The molecule has 0 aromatic heterocycles. The van der Waals surface area contributed by atoms with E-state index in [0.29, 0.717) is 18.0 Å². The van der Waals surface area contributed by atoms with Gasteiger partial charge in [-0.05, 0) is 85.3 Å². The van der Waals surface area contributed by atoms with Crippen LogP contribution in [0.4, 0.5) is 25.8 Å². The highest BCUT2D eigenvalue weighted by molar-refractivity contribution is 7.92. The second kappa shape index (κ2) is 12.5. The molecule has 8 nitrogen and oxygen atoms in total. The second-order valence-corrected chi connectivity index (χ2v) is 10.4. The molecule has 40 heavy (non-hydrogen) atoms. The minimum atomic E-state index is -3.86. The Labute approximate surface area is 230 Å². The number of benzene rings is 4. The van der Waals surface area contributed by atoms with Gasteiger partial charge >= 0.3 is 5.97 Å². The van der Waals surface area contributed by atoms with Gasteiger partial charge in [-0.3, -0.25) is 4.72 Å². The molecule has 0 radical (unpaired) electrons. The van der Waals surface area contributed by atoms with Gasteiger partial charge in [0, 0.05) is 23.1 Å². The molecule has 0 aliphatic heterocycles. The van der Waals surface area contributed by atoms with Gasteiger partial charge in [0.25, 0.3) is 10.0 Å². The number of carboxylic acids is 1. The molecule has 0 bridgehead atoms. The topological polar surface area (TPSA) is 114 Å². The molecule has 0 heterocycles. The molecule has 0 atom stereocenters. The molecule has 0 amide bonds. The number of carbonyl (C=O) groups is 1. The van der Waals surface area contributed by atoms with Crippen molar-refractivity contribution in [1.82, 2.24) is 0 Å². The minimum absolute atomic E-state index is 0.0258. The Morgan fingerprint density at radius 1 is 0.825 bits per heavy atom. The zero-order valence-corrected chi connectivity index (χ0v) is 22.2. The summed E-state index contributed by atoms with van der Waals surface area (Å²) in [6.07, 6.45) is 1.90. The highest BCUT2D eigenvalue weighted by Crippen LogP contribution is 2.31. The van der Waals surface area contributed by atoms with Crippen LogP contribution in [0, 0.1) is 11.6 Å². The fourth-order valence-electron chi connectivity index (χ4n) is 3.59. The zero-order valence-electron chi connectivity index (χ0n) is 21.4. The maximum Gasteiger partial charge on any atom is 0.339 e. The number of nitrogens with one attached hydrogen (secondary N) is 2. The van der Waals surface area contributed by atoms with Crippen molar-refractivity contribution in [3.05, 3.63) is 102 Å². The SMILES string of the molecule is CCCCOc1ccc(S(=O)(=O)Nc2ccc(Oc3ccc(Nc4ccc(F)c(F)c4)cc3C(=O)O)cc2)cc1. The molecule has 0 aliphatic carbocycles. The Balaban J connectivity index is 1.43. The molecule has 3 N–H and O–H groups in total. The third kappa shape index (κ3) is 7.26. The zero-order chi connectivity index (χ0) is 28.7. The summed E-state index contributed by atoms with van der Waals surface area (Å²) in [6, 6.07) is 19.5. The van der Waals surface area contributed by atoms with Crippen LogP contribution in [0.15, 0.2) is 89.8 Å². The van der Waals surface area contributed by atoms with Gasteiger partial charge in [0.1, 0.15) is 22.8 Å². The lowest BCUT2D eigenvalue weighted by molar-refractivity contribution is 0.0694. The summed E-state index contributed by atoms with van der Waals surface area (Å²) in [5, 5.41) is 12.5. The van der Waals surface area contributed by atoms with Gasteiger partial charge in [-0.1, -0.05) is 13.3 Å². The lowest BCUT2D eigenvalue weighted by Crippen LogP contribution is -2.12. The van der Waals surface area contributed by atoms with Gasteiger partial charge in [0.05, 0.1) is 11.5 Å². The number of hydrogen-bond donors (Lipinski definition) is 3. The lowest BCUT2D eigenvalue weighted by atomic mass is 10.1. The van der Waals surface area contributed by atoms with Crippen LogP contribution in [-0.2, 0) is 10.0 Å². The van der Waals surface area contributed by atoms with Crippen LogP contribution in [0.5, 0.6) is 17.2 Å². The van der Waals surface area contributed by atoms with Crippen molar-refractivity contribution in [2.45, 2.75) is 24.7 Å². The smallest absolute Gasteiger partial charge is 0.339 e. The van der Waals surface area contributed by atoms with E-state index in [0.717, 1.165) is 25.0 Å². The molecular weight excluding hydrogens is 542 g/mol. The normalized spacial score (nSPS) is 11.1. The largest absolute Gasteiger partial charge is 0.494 e. The molecule has 4 aromatic rings. The molecule has 0 spiro atoms. The van der Waals surface area contributed by atoms with E-state index in [-0.39, 0.29) is 33.3 Å². The Morgan fingerprint density at radius 3 is 2.10 bits per heavy atom. The molecule has 11 heteroatoms. The molecule has 0 fully saturated rings. The second-order valence-electron chi connectivity index (χ2n) is 8.68. The lowest BCUT2D eigenvalue weighted by Gasteiger charge is -2.13.